The van der Waals surface area contributed by atoms with Crippen molar-refractivity contribution in [3.8, 4) is 22.8 Å². The topological polar surface area (TPSA) is 75.1 Å². The second-order valence-electron chi connectivity index (χ2n) is 8.34. The standard InChI is InChI=1S/C28H26N4O3S/c1-19-16-24(20(2)31(19)17-22-12-9-15-35-22)25(33)18-36-28-30-29-27(23-13-7-8-14-26(23)34-3)32(28)21-10-5-4-6-11-21/h4-16H,17-18H2,1-3H3. The lowest BCUT2D eigenvalue weighted by Gasteiger charge is -2.12. The van der Waals surface area contributed by atoms with Crippen LogP contribution in [0.4, 0.5) is 0 Å². The first-order valence-corrected chi connectivity index (χ1v) is 12.5. The van der Waals surface area contributed by atoms with E-state index in [4.69, 9.17) is 9.15 Å². The van der Waals surface area contributed by atoms with E-state index in [1.165, 1.54) is 11.8 Å². The van der Waals surface area contributed by atoms with Crippen LogP contribution in [0.5, 0.6) is 5.75 Å². The summed E-state index contributed by atoms with van der Waals surface area (Å²) in [4.78, 5) is 13.3. The molecule has 8 heteroatoms. The average molecular weight is 499 g/mol. The number of furan rings is 1. The van der Waals surface area contributed by atoms with Crippen molar-refractivity contribution < 1.29 is 13.9 Å². The molecule has 0 saturated heterocycles. The molecule has 182 valence electrons. The number of benzene rings is 2. The number of hydrogen-bond donors (Lipinski definition) is 0. The minimum atomic E-state index is 0.0419. The van der Waals surface area contributed by atoms with Crippen molar-refractivity contribution in [2.75, 3.05) is 12.9 Å². The van der Waals surface area contributed by atoms with Crippen LogP contribution in [0.1, 0.15) is 27.5 Å². The van der Waals surface area contributed by atoms with Gasteiger partial charge < -0.3 is 13.7 Å². The summed E-state index contributed by atoms with van der Waals surface area (Å²) >= 11 is 1.37. The molecule has 0 atom stereocenters. The van der Waals surface area contributed by atoms with Crippen LogP contribution in [-0.4, -0.2) is 38.0 Å². The van der Waals surface area contributed by atoms with Gasteiger partial charge in [0.25, 0.3) is 0 Å². The van der Waals surface area contributed by atoms with Gasteiger partial charge in [0.15, 0.2) is 16.8 Å². The number of hydrogen-bond acceptors (Lipinski definition) is 6. The molecule has 0 saturated carbocycles. The molecule has 3 heterocycles. The van der Waals surface area contributed by atoms with Crippen molar-refractivity contribution in [3.05, 3.63) is 102 Å². The van der Waals surface area contributed by atoms with E-state index in [1.807, 2.05) is 91.2 Å². The third-order valence-electron chi connectivity index (χ3n) is 6.10. The number of nitrogens with zero attached hydrogens (tertiary/aromatic N) is 4. The van der Waals surface area contributed by atoms with E-state index in [0.29, 0.717) is 28.8 Å². The molecule has 0 unspecified atom stereocenters. The molecule has 2 aromatic carbocycles. The zero-order chi connectivity index (χ0) is 25.1. The van der Waals surface area contributed by atoms with Crippen molar-refractivity contribution in [1.82, 2.24) is 19.3 Å². The summed E-state index contributed by atoms with van der Waals surface area (Å²) in [6, 6.07) is 23.4. The normalized spacial score (nSPS) is 11.1. The first kappa shape index (κ1) is 23.7. The van der Waals surface area contributed by atoms with Gasteiger partial charge in [0, 0.05) is 22.6 Å². The highest BCUT2D eigenvalue weighted by molar-refractivity contribution is 7.99. The number of thioether (sulfide) groups is 1. The Balaban J connectivity index is 1.44. The molecule has 36 heavy (non-hydrogen) atoms. The van der Waals surface area contributed by atoms with E-state index in [-0.39, 0.29) is 11.5 Å². The molecular formula is C28H26N4O3S. The molecule has 0 aliphatic carbocycles. The Kier molecular flexibility index (Phi) is 6.77. The van der Waals surface area contributed by atoms with Crippen molar-refractivity contribution in [3.63, 3.8) is 0 Å². The summed E-state index contributed by atoms with van der Waals surface area (Å²) in [6.07, 6.45) is 1.66. The highest BCUT2D eigenvalue weighted by atomic mass is 32.2. The van der Waals surface area contributed by atoms with E-state index in [9.17, 15) is 4.79 Å². The number of carbonyl (C=O) groups excluding carboxylic acids is 1. The van der Waals surface area contributed by atoms with Crippen LogP contribution in [0, 0.1) is 13.8 Å². The summed E-state index contributed by atoms with van der Waals surface area (Å²) in [5.41, 5.74) is 4.39. The van der Waals surface area contributed by atoms with Gasteiger partial charge in [-0.1, -0.05) is 42.1 Å². The van der Waals surface area contributed by atoms with Crippen LogP contribution >= 0.6 is 11.8 Å². The Morgan fingerprint density at radius 2 is 1.78 bits per heavy atom. The average Bonchev–Trinajstić information content (AvgIpc) is 3.64. The van der Waals surface area contributed by atoms with Crippen molar-refractivity contribution in [2.45, 2.75) is 25.5 Å². The van der Waals surface area contributed by atoms with E-state index in [1.54, 1.807) is 13.4 Å². The maximum absolute atomic E-state index is 13.3. The van der Waals surface area contributed by atoms with Gasteiger partial charge in [0.05, 0.1) is 31.2 Å². The number of para-hydroxylation sites is 2. The Morgan fingerprint density at radius 3 is 2.53 bits per heavy atom. The molecule has 5 aromatic rings. The van der Waals surface area contributed by atoms with Gasteiger partial charge in [-0.2, -0.15) is 0 Å². The number of ether oxygens (including phenoxy) is 1. The first-order chi connectivity index (χ1) is 17.6. The SMILES string of the molecule is COc1ccccc1-c1nnc(SCC(=O)c2cc(C)n(Cc3ccco3)c2C)n1-c1ccccc1. The Labute approximate surface area is 213 Å². The highest BCUT2D eigenvalue weighted by Gasteiger charge is 2.21. The third-order valence-corrected chi connectivity index (χ3v) is 7.03. The summed E-state index contributed by atoms with van der Waals surface area (Å²) in [7, 11) is 1.64. The Morgan fingerprint density at radius 1 is 1.00 bits per heavy atom. The van der Waals surface area contributed by atoms with Crippen molar-refractivity contribution in [2.24, 2.45) is 0 Å². The summed E-state index contributed by atoms with van der Waals surface area (Å²) in [5.74, 6) is 2.50. The fourth-order valence-electron chi connectivity index (χ4n) is 4.27. The van der Waals surface area contributed by atoms with E-state index in [0.717, 1.165) is 28.4 Å². The van der Waals surface area contributed by atoms with E-state index in [2.05, 4.69) is 14.8 Å². The number of carbonyl (C=O) groups is 1. The smallest absolute Gasteiger partial charge is 0.196 e. The van der Waals surface area contributed by atoms with Gasteiger partial charge in [-0.05, 0) is 56.3 Å². The van der Waals surface area contributed by atoms with Gasteiger partial charge in [-0.15, -0.1) is 10.2 Å². The molecule has 0 aliphatic heterocycles. The maximum atomic E-state index is 13.3. The minimum Gasteiger partial charge on any atom is -0.496 e. The third kappa shape index (κ3) is 4.59. The quantitative estimate of drug-likeness (QED) is 0.184. The number of rotatable bonds is 9. The fourth-order valence-corrected chi connectivity index (χ4v) is 5.11. The van der Waals surface area contributed by atoms with Crippen LogP contribution in [-0.2, 0) is 6.54 Å². The molecule has 0 radical (unpaired) electrons. The zero-order valence-electron chi connectivity index (χ0n) is 20.3. The molecular weight excluding hydrogens is 472 g/mol. The molecule has 0 amide bonds. The van der Waals surface area contributed by atoms with Crippen LogP contribution in [0.2, 0.25) is 0 Å². The predicted octanol–water partition coefficient (Wildman–Crippen LogP) is 5.98. The summed E-state index contributed by atoms with van der Waals surface area (Å²) < 4.78 is 15.1. The van der Waals surface area contributed by atoms with Crippen molar-refractivity contribution in [1.29, 1.82) is 0 Å². The van der Waals surface area contributed by atoms with Gasteiger partial charge in [-0.25, -0.2) is 0 Å². The van der Waals surface area contributed by atoms with E-state index < -0.39 is 0 Å². The van der Waals surface area contributed by atoms with Crippen LogP contribution in [0.3, 0.4) is 0 Å². The second-order valence-corrected chi connectivity index (χ2v) is 9.28. The number of aromatic nitrogens is 4. The molecule has 0 aliphatic rings. The molecule has 0 bridgehead atoms. The monoisotopic (exact) mass is 498 g/mol. The second kappa shape index (κ2) is 10.3. The maximum Gasteiger partial charge on any atom is 0.196 e. The molecule has 0 N–H and O–H groups in total. The number of Topliss-reactive ketones (excluding diaryl/α,β-unsaturated/α-hetero) is 1. The van der Waals surface area contributed by atoms with Gasteiger partial charge in [-0.3, -0.25) is 9.36 Å². The van der Waals surface area contributed by atoms with Crippen LogP contribution in [0.25, 0.3) is 17.1 Å². The number of methoxy groups -OCH3 is 1. The fraction of sp³-hybridized carbons (Fsp3) is 0.179. The predicted molar refractivity (Wildman–Crippen MR) is 140 cm³/mol. The number of aryl methyl sites for hydroxylation is 1. The highest BCUT2D eigenvalue weighted by Crippen LogP contribution is 2.33. The van der Waals surface area contributed by atoms with Crippen LogP contribution in [0.15, 0.2) is 88.6 Å². The van der Waals surface area contributed by atoms with Crippen LogP contribution < -0.4 is 4.74 Å². The Bertz CT molecular complexity index is 1490. The number of ketones is 1. The Hall–Kier alpha value is -4.04. The van der Waals surface area contributed by atoms with Crippen molar-refractivity contribution >= 4 is 17.5 Å². The zero-order valence-corrected chi connectivity index (χ0v) is 21.2. The molecule has 5 rings (SSSR count). The lowest BCUT2D eigenvalue weighted by atomic mass is 10.2. The summed E-state index contributed by atoms with van der Waals surface area (Å²) in [5, 5.41) is 9.58. The lowest BCUT2D eigenvalue weighted by molar-refractivity contribution is 0.102. The first-order valence-electron chi connectivity index (χ1n) is 11.6. The molecule has 0 fully saturated rings. The molecule has 3 aromatic heterocycles. The van der Waals surface area contributed by atoms with Gasteiger partial charge in [0.2, 0.25) is 0 Å². The van der Waals surface area contributed by atoms with Gasteiger partial charge in [0.1, 0.15) is 11.5 Å². The molecule has 7 nitrogen and oxygen atoms in total. The summed E-state index contributed by atoms with van der Waals surface area (Å²) in [6.45, 7) is 4.57. The van der Waals surface area contributed by atoms with Gasteiger partial charge >= 0.3 is 0 Å². The lowest BCUT2D eigenvalue weighted by Crippen LogP contribution is -2.08. The van der Waals surface area contributed by atoms with E-state index >= 15 is 0 Å². The minimum absolute atomic E-state index is 0.0419. The molecule has 0 spiro atoms. The largest absolute Gasteiger partial charge is 0.496 e.